The van der Waals surface area contributed by atoms with Crippen LogP contribution in [0.25, 0.3) is 0 Å². The fourth-order valence-corrected chi connectivity index (χ4v) is 3.73. The van der Waals surface area contributed by atoms with Crippen molar-refractivity contribution in [2.75, 3.05) is 11.9 Å². The Labute approximate surface area is 139 Å². The number of para-hydroxylation sites is 1. The Morgan fingerprint density at radius 3 is 2.86 bits per heavy atom. The van der Waals surface area contributed by atoms with Crippen LogP contribution in [0.2, 0.25) is 5.02 Å². The lowest BCUT2D eigenvalue weighted by Gasteiger charge is -2.18. The summed E-state index contributed by atoms with van der Waals surface area (Å²) in [6.07, 6.45) is 2.18. The Balaban J connectivity index is 1.68. The highest BCUT2D eigenvalue weighted by molar-refractivity contribution is 9.09. The summed E-state index contributed by atoms with van der Waals surface area (Å²) in [6, 6.07) is 16.6. The summed E-state index contributed by atoms with van der Waals surface area (Å²) in [5.74, 6) is 2.14. The van der Waals surface area contributed by atoms with Crippen molar-refractivity contribution in [3.8, 4) is 5.75 Å². The van der Waals surface area contributed by atoms with E-state index in [1.54, 1.807) is 0 Å². The molecule has 3 heteroatoms. The summed E-state index contributed by atoms with van der Waals surface area (Å²) < 4.78 is 5.79. The van der Waals surface area contributed by atoms with Crippen LogP contribution in [0.1, 0.15) is 23.5 Å². The lowest BCUT2D eigenvalue weighted by molar-refractivity contribution is 0.311. The van der Waals surface area contributed by atoms with Crippen molar-refractivity contribution in [3.63, 3.8) is 0 Å². The number of rotatable bonds is 5. The second-order valence-electron chi connectivity index (χ2n) is 5.64. The molecule has 0 amide bonds. The van der Waals surface area contributed by atoms with Crippen LogP contribution in [-0.2, 0) is 6.42 Å². The minimum atomic E-state index is 0.503. The molecule has 2 atom stereocenters. The maximum absolute atomic E-state index is 6.08. The lowest BCUT2D eigenvalue weighted by Crippen LogP contribution is -2.13. The van der Waals surface area contributed by atoms with Crippen molar-refractivity contribution in [1.82, 2.24) is 0 Å². The maximum atomic E-state index is 6.08. The molecule has 1 heterocycles. The molecule has 110 valence electrons. The molecule has 2 unspecified atom stereocenters. The van der Waals surface area contributed by atoms with Gasteiger partial charge in [-0.15, -0.1) is 0 Å². The molecule has 0 N–H and O–H groups in total. The average molecular weight is 366 g/mol. The van der Waals surface area contributed by atoms with Gasteiger partial charge in [0.05, 0.1) is 6.61 Å². The fraction of sp³-hybridized carbons (Fsp3) is 0.333. The standard InChI is InChI=1S/C18H18BrClO/c19-11-14(8-13-4-3-5-16(20)10-13)9-15-12-21-18-7-2-1-6-17(15)18/h1-7,10,14-15H,8-9,11-12H2. The van der Waals surface area contributed by atoms with Gasteiger partial charge in [0, 0.05) is 21.8 Å². The third-order valence-corrected chi connectivity index (χ3v) is 5.20. The first-order chi connectivity index (χ1) is 10.3. The number of hydrogen-bond acceptors (Lipinski definition) is 1. The third-order valence-electron chi connectivity index (χ3n) is 4.05. The van der Waals surface area contributed by atoms with Crippen molar-refractivity contribution in [3.05, 3.63) is 64.7 Å². The van der Waals surface area contributed by atoms with Crippen LogP contribution in [0.5, 0.6) is 5.75 Å². The molecule has 2 aromatic carbocycles. The van der Waals surface area contributed by atoms with Gasteiger partial charge in [0.1, 0.15) is 5.75 Å². The van der Waals surface area contributed by atoms with Crippen LogP contribution in [0.4, 0.5) is 0 Å². The number of benzene rings is 2. The Kier molecular flexibility index (Phi) is 4.87. The van der Waals surface area contributed by atoms with Gasteiger partial charge in [-0.1, -0.05) is 57.9 Å². The van der Waals surface area contributed by atoms with Crippen LogP contribution in [0.3, 0.4) is 0 Å². The number of ether oxygens (including phenoxy) is 1. The quantitative estimate of drug-likeness (QED) is 0.639. The van der Waals surface area contributed by atoms with Crippen molar-refractivity contribution in [2.45, 2.75) is 18.8 Å². The Morgan fingerprint density at radius 2 is 2.05 bits per heavy atom. The SMILES string of the molecule is Clc1cccc(CC(CBr)CC2COc3ccccc32)c1. The summed E-state index contributed by atoms with van der Waals surface area (Å²) >= 11 is 9.74. The van der Waals surface area contributed by atoms with Gasteiger partial charge in [0.15, 0.2) is 0 Å². The highest BCUT2D eigenvalue weighted by Gasteiger charge is 2.26. The van der Waals surface area contributed by atoms with Crippen LogP contribution in [-0.4, -0.2) is 11.9 Å². The molecule has 1 nitrogen and oxygen atoms in total. The monoisotopic (exact) mass is 364 g/mol. The maximum Gasteiger partial charge on any atom is 0.122 e. The first-order valence-corrected chi connectivity index (χ1v) is 8.78. The van der Waals surface area contributed by atoms with E-state index >= 15 is 0 Å². The molecule has 0 aromatic heterocycles. The molecule has 2 aromatic rings. The number of halogens is 2. The summed E-state index contributed by atoms with van der Waals surface area (Å²) in [6.45, 7) is 0.804. The van der Waals surface area contributed by atoms with E-state index in [-0.39, 0.29) is 0 Å². The van der Waals surface area contributed by atoms with Crippen molar-refractivity contribution >= 4 is 27.5 Å². The molecule has 1 aliphatic rings. The molecule has 3 rings (SSSR count). The normalized spacial score (nSPS) is 18.1. The zero-order valence-corrected chi connectivity index (χ0v) is 14.1. The van der Waals surface area contributed by atoms with E-state index in [4.69, 9.17) is 16.3 Å². The van der Waals surface area contributed by atoms with Gasteiger partial charge in [0.2, 0.25) is 0 Å². The van der Waals surface area contributed by atoms with Gasteiger partial charge < -0.3 is 4.74 Å². The fourth-order valence-electron chi connectivity index (χ4n) is 3.02. The van der Waals surface area contributed by atoms with Crippen LogP contribution in [0.15, 0.2) is 48.5 Å². The molecule has 0 radical (unpaired) electrons. The third kappa shape index (κ3) is 3.61. The highest BCUT2D eigenvalue weighted by atomic mass is 79.9. The van der Waals surface area contributed by atoms with Gasteiger partial charge in [-0.05, 0) is 42.5 Å². The van der Waals surface area contributed by atoms with Crippen molar-refractivity contribution < 1.29 is 4.74 Å². The van der Waals surface area contributed by atoms with E-state index in [1.165, 1.54) is 11.1 Å². The molecular weight excluding hydrogens is 348 g/mol. The van der Waals surface area contributed by atoms with E-state index in [0.29, 0.717) is 11.8 Å². The molecule has 0 fully saturated rings. The van der Waals surface area contributed by atoms with Gasteiger partial charge in [0.25, 0.3) is 0 Å². The summed E-state index contributed by atoms with van der Waals surface area (Å²) in [5, 5.41) is 1.81. The lowest BCUT2D eigenvalue weighted by atomic mass is 9.88. The molecule has 0 saturated heterocycles. The first-order valence-electron chi connectivity index (χ1n) is 7.28. The minimum Gasteiger partial charge on any atom is -0.493 e. The molecule has 0 spiro atoms. The van der Waals surface area contributed by atoms with Crippen molar-refractivity contribution in [1.29, 1.82) is 0 Å². The summed E-state index contributed by atoms with van der Waals surface area (Å²) in [7, 11) is 0. The van der Waals surface area contributed by atoms with Crippen LogP contribution in [0, 0.1) is 5.92 Å². The van der Waals surface area contributed by atoms with Crippen LogP contribution >= 0.6 is 27.5 Å². The van der Waals surface area contributed by atoms with E-state index in [0.717, 1.165) is 35.6 Å². The van der Waals surface area contributed by atoms with E-state index in [1.807, 2.05) is 18.2 Å². The van der Waals surface area contributed by atoms with Gasteiger partial charge in [-0.25, -0.2) is 0 Å². The van der Waals surface area contributed by atoms with Crippen LogP contribution < -0.4 is 4.74 Å². The molecule has 0 saturated carbocycles. The average Bonchev–Trinajstić information content (AvgIpc) is 2.90. The largest absolute Gasteiger partial charge is 0.493 e. The van der Waals surface area contributed by atoms with Crippen molar-refractivity contribution in [2.24, 2.45) is 5.92 Å². The predicted octanol–water partition coefficient (Wildman–Crippen LogP) is 5.46. The second-order valence-corrected chi connectivity index (χ2v) is 6.72. The van der Waals surface area contributed by atoms with E-state index in [2.05, 4.69) is 46.3 Å². The Hall–Kier alpha value is -0.990. The number of hydrogen-bond donors (Lipinski definition) is 0. The zero-order chi connectivity index (χ0) is 14.7. The number of fused-ring (bicyclic) bond motifs is 1. The Morgan fingerprint density at radius 1 is 1.19 bits per heavy atom. The molecular formula is C18H18BrClO. The smallest absolute Gasteiger partial charge is 0.122 e. The second kappa shape index (κ2) is 6.85. The first kappa shape index (κ1) is 14.9. The van der Waals surface area contributed by atoms with E-state index in [9.17, 15) is 0 Å². The molecule has 0 aliphatic carbocycles. The zero-order valence-electron chi connectivity index (χ0n) is 11.8. The summed E-state index contributed by atoms with van der Waals surface area (Å²) in [5.41, 5.74) is 2.66. The number of alkyl halides is 1. The van der Waals surface area contributed by atoms with Gasteiger partial charge in [-0.3, -0.25) is 0 Å². The Bertz CT molecular complexity index is 614. The minimum absolute atomic E-state index is 0.503. The molecule has 1 aliphatic heterocycles. The molecule has 21 heavy (non-hydrogen) atoms. The summed E-state index contributed by atoms with van der Waals surface area (Å²) in [4.78, 5) is 0. The topological polar surface area (TPSA) is 9.23 Å². The highest BCUT2D eigenvalue weighted by Crippen LogP contribution is 2.38. The van der Waals surface area contributed by atoms with Gasteiger partial charge in [-0.2, -0.15) is 0 Å². The molecule has 0 bridgehead atoms. The predicted molar refractivity (Wildman–Crippen MR) is 91.7 cm³/mol. The van der Waals surface area contributed by atoms with E-state index < -0.39 is 0 Å². The van der Waals surface area contributed by atoms with Gasteiger partial charge >= 0.3 is 0 Å².